The van der Waals surface area contributed by atoms with Crippen molar-refractivity contribution in [2.45, 2.75) is 31.4 Å². The van der Waals surface area contributed by atoms with E-state index in [1.807, 2.05) is 0 Å². The summed E-state index contributed by atoms with van der Waals surface area (Å²) in [6.45, 7) is 0.486. The van der Waals surface area contributed by atoms with Gasteiger partial charge in [-0.05, 0) is 30.0 Å². The fraction of sp³-hybridized carbons (Fsp3) is 0.500. The van der Waals surface area contributed by atoms with Crippen molar-refractivity contribution in [1.82, 2.24) is 4.72 Å². The molecule has 5 nitrogen and oxygen atoms in total. The quantitative estimate of drug-likeness (QED) is 0.806. The number of carboxylic acid groups (broad SMARTS) is 1. The summed E-state index contributed by atoms with van der Waals surface area (Å²) in [5.41, 5.74) is 0.746. The summed E-state index contributed by atoms with van der Waals surface area (Å²) >= 11 is 0. The highest BCUT2D eigenvalue weighted by Crippen LogP contribution is 2.28. The molecule has 0 heterocycles. The molecule has 1 aromatic carbocycles. The van der Waals surface area contributed by atoms with Crippen LogP contribution in [0.15, 0.2) is 24.3 Å². The minimum Gasteiger partial charge on any atom is -0.478 e. The molecular weight excluding hydrogens is 278 g/mol. The Morgan fingerprint density at radius 3 is 2.40 bits per heavy atom. The van der Waals surface area contributed by atoms with E-state index >= 15 is 0 Å². The maximum Gasteiger partial charge on any atom is 0.335 e. The lowest BCUT2D eigenvalue weighted by Crippen LogP contribution is -2.28. The molecule has 1 aliphatic rings. The predicted octanol–water partition coefficient (Wildman–Crippen LogP) is 1.99. The standard InChI is InChI=1S/C14H19NO4S/c16-14(17)13-6-4-12(5-7-13)10-20(18,19)15-9-8-11-2-1-3-11/h4-7,11,15H,1-3,8-10H2,(H,16,17). The number of hydrogen-bond acceptors (Lipinski definition) is 3. The van der Waals surface area contributed by atoms with Crippen LogP contribution in [-0.2, 0) is 15.8 Å². The van der Waals surface area contributed by atoms with Gasteiger partial charge in [0, 0.05) is 6.54 Å². The van der Waals surface area contributed by atoms with Crippen molar-refractivity contribution in [3.05, 3.63) is 35.4 Å². The molecule has 0 bridgehead atoms. The van der Waals surface area contributed by atoms with Crippen molar-refractivity contribution >= 4 is 16.0 Å². The van der Waals surface area contributed by atoms with Gasteiger partial charge >= 0.3 is 5.97 Å². The SMILES string of the molecule is O=C(O)c1ccc(CS(=O)(=O)NCCC2CCC2)cc1. The van der Waals surface area contributed by atoms with E-state index in [1.165, 1.54) is 43.5 Å². The summed E-state index contributed by atoms with van der Waals surface area (Å²) in [7, 11) is -3.34. The monoisotopic (exact) mass is 297 g/mol. The van der Waals surface area contributed by atoms with Crippen molar-refractivity contribution in [2.24, 2.45) is 5.92 Å². The second kappa shape index (κ2) is 6.37. The van der Waals surface area contributed by atoms with Gasteiger partial charge in [-0.2, -0.15) is 0 Å². The van der Waals surface area contributed by atoms with Crippen LogP contribution in [0.25, 0.3) is 0 Å². The Balaban J connectivity index is 1.84. The maximum atomic E-state index is 11.9. The van der Waals surface area contributed by atoms with Gasteiger partial charge in [0.05, 0.1) is 11.3 Å². The minimum absolute atomic E-state index is 0.114. The zero-order chi connectivity index (χ0) is 14.6. The van der Waals surface area contributed by atoms with Crippen molar-refractivity contribution in [3.63, 3.8) is 0 Å². The number of carboxylic acids is 1. The zero-order valence-electron chi connectivity index (χ0n) is 11.2. The maximum absolute atomic E-state index is 11.9. The average Bonchev–Trinajstić information content (AvgIpc) is 2.32. The average molecular weight is 297 g/mol. The van der Waals surface area contributed by atoms with Crippen LogP contribution in [0.3, 0.4) is 0 Å². The molecule has 0 spiro atoms. The van der Waals surface area contributed by atoms with Crippen molar-refractivity contribution in [3.8, 4) is 0 Å². The number of benzene rings is 1. The summed E-state index contributed by atoms with van der Waals surface area (Å²) in [6.07, 6.45) is 4.57. The Labute approximate surface area is 119 Å². The number of nitrogens with one attached hydrogen (secondary N) is 1. The lowest BCUT2D eigenvalue weighted by molar-refractivity contribution is 0.0697. The highest BCUT2D eigenvalue weighted by Gasteiger charge is 2.18. The highest BCUT2D eigenvalue weighted by molar-refractivity contribution is 7.88. The Morgan fingerprint density at radius 2 is 1.90 bits per heavy atom. The summed E-state index contributed by atoms with van der Waals surface area (Å²) < 4.78 is 26.4. The Bertz CT molecular complexity index is 561. The normalized spacial score (nSPS) is 15.8. The molecule has 2 rings (SSSR count). The van der Waals surface area contributed by atoms with Gasteiger partial charge in [0.1, 0.15) is 0 Å². The predicted molar refractivity (Wildman–Crippen MR) is 76.0 cm³/mol. The van der Waals surface area contributed by atoms with Gasteiger partial charge in [-0.15, -0.1) is 0 Å². The minimum atomic E-state index is -3.34. The van der Waals surface area contributed by atoms with E-state index in [9.17, 15) is 13.2 Å². The molecule has 0 unspecified atom stereocenters. The van der Waals surface area contributed by atoms with Gasteiger partial charge in [-0.25, -0.2) is 17.9 Å². The zero-order valence-corrected chi connectivity index (χ0v) is 12.0. The van der Waals surface area contributed by atoms with Gasteiger partial charge < -0.3 is 5.11 Å². The Hall–Kier alpha value is -1.40. The molecule has 110 valence electrons. The second-order valence-corrected chi connectivity index (χ2v) is 7.05. The number of sulfonamides is 1. The first-order valence-electron chi connectivity index (χ1n) is 6.76. The first-order valence-corrected chi connectivity index (χ1v) is 8.41. The number of aromatic carboxylic acids is 1. The van der Waals surface area contributed by atoms with E-state index in [1.54, 1.807) is 0 Å². The first kappa shape index (κ1) is 15.0. The lowest BCUT2D eigenvalue weighted by atomic mass is 9.83. The van der Waals surface area contributed by atoms with Crippen molar-refractivity contribution in [1.29, 1.82) is 0 Å². The van der Waals surface area contributed by atoms with E-state index < -0.39 is 16.0 Å². The molecule has 0 amide bonds. The van der Waals surface area contributed by atoms with Crippen LogP contribution >= 0.6 is 0 Å². The van der Waals surface area contributed by atoms with Crippen molar-refractivity contribution < 1.29 is 18.3 Å². The summed E-state index contributed by atoms with van der Waals surface area (Å²) in [6, 6.07) is 5.91. The van der Waals surface area contributed by atoms with Crippen LogP contribution in [0.5, 0.6) is 0 Å². The van der Waals surface area contributed by atoms with Crippen LogP contribution in [0.4, 0.5) is 0 Å². The van der Waals surface area contributed by atoms with Gasteiger partial charge in [-0.3, -0.25) is 0 Å². The van der Waals surface area contributed by atoms with E-state index in [4.69, 9.17) is 5.11 Å². The highest BCUT2D eigenvalue weighted by atomic mass is 32.2. The molecule has 1 saturated carbocycles. The van der Waals surface area contributed by atoms with E-state index in [0.29, 0.717) is 18.0 Å². The molecule has 20 heavy (non-hydrogen) atoms. The molecule has 0 atom stereocenters. The Kier molecular flexibility index (Phi) is 4.77. The van der Waals surface area contributed by atoms with Gasteiger partial charge in [-0.1, -0.05) is 31.4 Å². The first-order chi connectivity index (χ1) is 9.46. The fourth-order valence-electron chi connectivity index (χ4n) is 2.21. The molecule has 0 aliphatic heterocycles. The molecule has 0 saturated heterocycles. The van der Waals surface area contributed by atoms with Crippen LogP contribution in [0.1, 0.15) is 41.6 Å². The largest absolute Gasteiger partial charge is 0.478 e. The van der Waals surface area contributed by atoms with Crippen LogP contribution < -0.4 is 4.72 Å². The molecule has 1 aromatic rings. The summed E-state index contributed by atoms with van der Waals surface area (Å²) in [5.74, 6) is -0.456. The van der Waals surface area contributed by atoms with Gasteiger partial charge in [0.15, 0.2) is 0 Å². The van der Waals surface area contributed by atoms with Crippen LogP contribution in [0, 0.1) is 5.92 Å². The lowest BCUT2D eigenvalue weighted by Gasteiger charge is -2.25. The van der Waals surface area contributed by atoms with E-state index in [0.717, 1.165) is 6.42 Å². The smallest absolute Gasteiger partial charge is 0.335 e. The molecule has 0 radical (unpaired) electrons. The number of hydrogen-bond donors (Lipinski definition) is 2. The van der Waals surface area contributed by atoms with E-state index in [-0.39, 0.29) is 11.3 Å². The van der Waals surface area contributed by atoms with E-state index in [2.05, 4.69) is 4.72 Å². The third kappa shape index (κ3) is 4.31. The molecule has 1 aliphatic carbocycles. The van der Waals surface area contributed by atoms with Crippen LogP contribution in [-0.4, -0.2) is 26.0 Å². The molecule has 6 heteroatoms. The molecule has 2 N–H and O–H groups in total. The Morgan fingerprint density at radius 1 is 1.25 bits per heavy atom. The number of rotatable bonds is 7. The third-order valence-corrected chi connectivity index (χ3v) is 5.01. The third-order valence-electron chi connectivity index (χ3n) is 3.66. The topological polar surface area (TPSA) is 83.5 Å². The second-order valence-electron chi connectivity index (χ2n) is 5.24. The number of carbonyl (C=O) groups is 1. The van der Waals surface area contributed by atoms with Crippen LogP contribution in [0.2, 0.25) is 0 Å². The fourth-order valence-corrected chi connectivity index (χ4v) is 3.38. The molecular formula is C14H19NO4S. The summed E-state index contributed by atoms with van der Waals surface area (Å²) in [5, 5.41) is 8.77. The molecule has 0 aromatic heterocycles. The van der Waals surface area contributed by atoms with Gasteiger partial charge in [0.25, 0.3) is 0 Å². The van der Waals surface area contributed by atoms with Crippen molar-refractivity contribution in [2.75, 3.05) is 6.54 Å². The van der Waals surface area contributed by atoms with Gasteiger partial charge in [0.2, 0.25) is 10.0 Å². The molecule has 1 fully saturated rings. The summed E-state index contributed by atoms with van der Waals surface area (Å²) in [4.78, 5) is 10.7.